The first-order chi connectivity index (χ1) is 35.3. The van der Waals surface area contributed by atoms with Crippen LogP contribution in [0, 0.1) is 0 Å². The summed E-state index contributed by atoms with van der Waals surface area (Å²) in [6, 6.07) is 25.5. The first-order valence-electron chi connectivity index (χ1n) is 24.2. The Bertz CT molecular complexity index is 3030. The fourth-order valence-corrected chi connectivity index (χ4v) is 9.62. The normalized spacial score (nSPS) is 16.6. The van der Waals surface area contributed by atoms with Crippen molar-refractivity contribution in [1.29, 1.82) is 0 Å². The van der Waals surface area contributed by atoms with Gasteiger partial charge in [-0.1, -0.05) is 36.4 Å². The lowest BCUT2D eigenvalue weighted by Gasteiger charge is -2.22. The highest BCUT2D eigenvalue weighted by molar-refractivity contribution is 6.15. The minimum Gasteiger partial charge on any atom is -0.493 e. The summed E-state index contributed by atoms with van der Waals surface area (Å²) in [5, 5.41) is 11.7. The van der Waals surface area contributed by atoms with Crippen molar-refractivity contribution in [3.8, 4) is 23.0 Å². The van der Waals surface area contributed by atoms with Gasteiger partial charge in [0.15, 0.2) is 23.0 Å². The van der Waals surface area contributed by atoms with Crippen molar-refractivity contribution in [2.75, 3.05) is 48.3 Å². The van der Waals surface area contributed by atoms with Crippen LogP contribution in [-0.2, 0) is 50.0 Å². The van der Waals surface area contributed by atoms with E-state index in [-0.39, 0.29) is 61.8 Å². The lowest BCUT2D eigenvalue weighted by Crippen LogP contribution is -2.50. The highest BCUT2D eigenvalue weighted by Gasteiger charge is 2.39. The Labute approximate surface area is 422 Å². The Morgan fingerprint density at radius 1 is 0.685 bits per heavy atom. The summed E-state index contributed by atoms with van der Waals surface area (Å²) >= 11 is 0. The number of carbonyl (C=O) groups excluding carboxylic acids is 6. The first kappa shape index (κ1) is 49.6. The van der Waals surface area contributed by atoms with E-state index in [4.69, 9.17) is 23.9 Å². The van der Waals surface area contributed by atoms with Gasteiger partial charge in [-0.2, -0.15) is 0 Å². The van der Waals surface area contributed by atoms with Crippen molar-refractivity contribution in [3.05, 3.63) is 124 Å². The average Bonchev–Trinajstić information content (AvgIpc) is 3.89. The van der Waals surface area contributed by atoms with Crippen LogP contribution in [0.4, 0.5) is 28.4 Å². The lowest BCUT2D eigenvalue weighted by atomic mass is 10.1. The summed E-state index contributed by atoms with van der Waals surface area (Å²) < 4.78 is 29.0. The van der Waals surface area contributed by atoms with Gasteiger partial charge in [0, 0.05) is 61.2 Å². The number of nitrogens with zero attached hydrogens (tertiary/aromatic N) is 3. The Morgan fingerprint density at radius 2 is 1.29 bits per heavy atom. The average molecular weight is 992 g/mol. The summed E-state index contributed by atoms with van der Waals surface area (Å²) in [6.07, 6.45) is 4.36. The molecule has 0 fully saturated rings. The third-order valence-electron chi connectivity index (χ3n) is 13.4. The molecule has 0 aromatic heterocycles. The van der Waals surface area contributed by atoms with Gasteiger partial charge in [0.05, 0.1) is 55.9 Å². The van der Waals surface area contributed by atoms with Crippen LogP contribution in [0.2, 0.25) is 0 Å². The summed E-state index contributed by atoms with van der Waals surface area (Å²) in [4.78, 5) is 87.3. The number of rotatable bonds is 18. The van der Waals surface area contributed by atoms with E-state index in [1.165, 1.54) is 35.2 Å². The lowest BCUT2D eigenvalue weighted by molar-refractivity contribution is -0.140. The van der Waals surface area contributed by atoms with Crippen molar-refractivity contribution in [2.45, 2.75) is 89.8 Å². The number of ether oxygens (including phenoxy) is 5. The number of hydrogen-bond donors (Lipinski definition) is 4. The molecule has 5 amide bonds. The Balaban J connectivity index is 0.931. The number of amides is 5. The fourth-order valence-electron chi connectivity index (χ4n) is 9.62. The van der Waals surface area contributed by atoms with Crippen molar-refractivity contribution in [2.24, 2.45) is 4.99 Å². The maximum Gasteiger partial charge on any atom is 0.305 e. The second-order valence-electron chi connectivity index (χ2n) is 18.4. The van der Waals surface area contributed by atoms with E-state index in [0.29, 0.717) is 88.1 Å². The summed E-state index contributed by atoms with van der Waals surface area (Å²) in [6.45, 7) is 3.55. The minimum absolute atomic E-state index is 0.00604. The molecule has 0 spiro atoms. The van der Waals surface area contributed by atoms with Gasteiger partial charge in [0.2, 0.25) is 17.7 Å². The number of carbonyl (C=O) groups is 6. The molecule has 0 saturated carbocycles. The van der Waals surface area contributed by atoms with E-state index in [2.05, 4.69) is 26.0 Å². The largest absolute Gasteiger partial charge is 0.493 e. The second-order valence-corrected chi connectivity index (χ2v) is 18.4. The number of aliphatic imine (C=N–C) groups is 1. The van der Waals surface area contributed by atoms with Crippen LogP contribution in [-0.4, -0.2) is 93.8 Å². The molecule has 5 aromatic carbocycles. The molecule has 0 radical (unpaired) electrons. The zero-order chi connectivity index (χ0) is 51.3. The number of anilines is 4. The van der Waals surface area contributed by atoms with Crippen LogP contribution in [0.5, 0.6) is 23.0 Å². The quantitative estimate of drug-likeness (QED) is 0.0525. The predicted octanol–water partition coefficient (Wildman–Crippen LogP) is 6.83. The van der Waals surface area contributed by atoms with Crippen molar-refractivity contribution in [1.82, 2.24) is 10.6 Å². The summed E-state index contributed by atoms with van der Waals surface area (Å²) in [5.74, 6) is -0.790. The molecule has 18 heteroatoms. The molecule has 4 N–H and O–H groups in total. The van der Waals surface area contributed by atoms with Gasteiger partial charge in [-0.25, -0.2) is 0 Å². The molecule has 0 aliphatic carbocycles. The third kappa shape index (κ3) is 10.6. The zero-order valence-corrected chi connectivity index (χ0v) is 41.2. The third-order valence-corrected chi connectivity index (χ3v) is 13.4. The number of unbranched alkanes of at least 4 members (excludes halogenated alkanes) is 1. The number of para-hydroxylation sites is 2. The maximum absolute atomic E-state index is 14.1. The van der Waals surface area contributed by atoms with Gasteiger partial charge in [-0.15, -0.1) is 0 Å². The first-order valence-corrected chi connectivity index (χ1v) is 24.2. The molecular formula is C55H57N7O11. The number of nitrogens with one attached hydrogen (secondary N) is 4. The Kier molecular flexibility index (Phi) is 14.6. The molecule has 378 valence electrons. The zero-order valence-electron chi connectivity index (χ0n) is 41.2. The van der Waals surface area contributed by atoms with E-state index in [1.54, 1.807) is 47.5 Å². The van der Waals surface area contributed by atoms with E-state index < -0.39 is 23.9 Å². The summed E-state index contributed by atoms with van der Waals surface area (Å²) in [7, 11) is 4.30. The summed E-state index contributed by atoms with van der Waals surface area (Å²) in [5.41, 5.74) is 7.39. The monoisotopic (exact) mass is 991 g/mol. The Hall–Kier alpha value is -8.41. The van der Waals surface area contributed by atoms with Crippen LogP contribution in [0.1, 0.15) is 82.5 Å². The molecule has 4 aliphatic rings. The van der Waals surface area contributed by atoms with Crippen molar-refractivity contribution in [3.63, 3.8) is 0 Å². The predicted molar refractivity (Wildman–Crippen MR) is 274 cm³/mol. The number of fused-ring (bicyclic) bond motifs is 8. The van der Waals surface area contributed by atoms with Gasteiger partial charge >= 0.3 is 5.97 Å². The highest BCUT2D eigenvalue weighted by Crippen LogP contribution is 2.43. The smallest absolute Gasteiger partial charge is 0.305 e. The molecular weight excluding hydrogens is 935 g/mol. The molecule has 9 rings (SSSR count). The second kappa shape index (κ2) is 21.5. The fraction of sp³-hybridized carbons (Fsp3) is 0.327. The molecule has 4 heterocycles. The molecule has 18 nitrogen and oxygen atoms in total. The number of benzene rings is 5. The van der Waals surface area contributed by atoms with Crippen LogP contribution in [0.15, 0.2) is 96.0 Å². The van der Waals surface area contributed by atoms with E-state index in [9.17, 15) is 28.8 Å². The van der Waals surface area contributed by atoms with Crippen LogP contribution in [0.25, 0.3) is 0 Å². The molecule has 0 bridgehead atoms. The SMILES string of the molecule is COC(=O)CCCCC(=O)N[C@@H](C)C(=O)NC(C)C(=O)Nc1cc(COc2cc3c(cc2OC)C(=O)N2c4ccccc4C[C@H]2C=N3)cc(COc2cc3c(cc2OC)C(=O)N2c4ccccc4C[C@H]2CN3)c1. The van der Waals surface area contributed by atoms with Crippen molar-refractivity contribution >= 4 is 70.2 Å². The van der Waals surface area contributed by atoms with Crippen molar-refractivity contribution < 1.29 is 52.5 Å². The van der Waals surface area contributed by atoms with E-state index in [0.717, 1.165) is 28.9 Å². The van der Waals surface area contributed by atoms with E-state index >= 15 is 0 Å². The Morgan fingerprint density at radius 3 is 1.97 bits per heavy atom. The molecule has 4 aliphatic heterocycles. The molecule has 73 heavy (non-hydrogen) atoms. The molecule has 1 unspecified atom stereocenters. The van der Waals surface area contributed by atoms with Crippen LogP contribution in [0.3, 0.4) is 0 Å². The molecule has 0 saturated heterocycles. The van der Waals surface area contributed by atoms with Gasteiger partial charge in [-0.05, 0) is 97.8 Å². The number of esters is 1. The molecule has 4 atom stereocenters. The van der Waals surface area contributed by atoms with E-state index in [1.807, 2.05) is 59.5 Å². The number of methoxy groups -OCH3 is 3. The molecule has 5 aromatic rings. The van der Waals surface area contributed by atoms with Gasteiger partial charge < -0.3 is 49.9 Å². The maximum atomic E-state index is 14.1. The minimum atomic E-state index is -1.02. The van der Waals surface area contributed by atoms with Crippen LogP contribution >= 0.6 is 0 Å². The standard InChI is InChI=1S/C55H57N7O11/c1-31(58-50(63)16-10-11-17-51(64)71-5)52(65)59-32(2)53(66)60-37-19-33(29-72-48-25-42-40(23-46(48)69-3)54(67)61-38(27-56-42)21-35-12-6-8-14-44(35)61)18-34(20-37)30-73-49-26-43-41(24-47(49)70-4)55(68)62-39(28-57-43)22-36-13-7-9-15-45(36)62/h6-9,12-15,18-20,23-27,31-32,38-39,57H,10-11,16-17,21-22,28-30H2,1-5H3,(H,58,63)(H,59,65)(H,60,66)/t31-,32?,38-,39-/m0/s1. The van der Waals surface area contributed by atoms with Gasteiger partial charge in [0.25, 0.3) is 11.8 Å². The van der Waals surface area contributed by atoms with Gasteiger partial charge in [-0.3, -0.25) is 38.7 Å². The van der Waals surface area contributed by atoms with Gasteiger partial charge in [0.1, 0.15) is 25.3 Å². The topological polar surface area (TPSA) is 216 Å². The number of hydrogen-bond acceptors (Lipinski definition) is 13. The highest BCUT2D eigenvalue weighted by atomic mass is 16.5. The van der Waals surface area contributed by atoms with Crippen LogP contribution < -0.4 is 50.0 Å².